The summed E-state index contributed by atoms with van der Waals surface area (Å²) in [5, 5.41) is 0. The second kappa shape index (κ2) is 4.85. The number of hydrogen-bond acceptors (Lipinski definition) is 4. The zero-order valence-electron chi connectivity index (χ0n) is 11.4. The summed E-state index contributed by atoms with van der Waals surface area (Å²) in [5.41, 5.74) is 7.14. The van der Waals surface area contributed by atoms with E-state index in [1.165, 1.54) is 18.4 Å². The normalized spacial score (nSPS) is 26.6. The summed E-state index contributed by atoms with van der Waals surface area (Å²) in [6.07, 6.45) is 2.61. The first-order valence-corrected chi connectivity index (χ1v) is 6.88. The van der Waals surface area contributed by atoms with E-state index in [1.807, 2.05) is 6.07 Å². The fourth-order valence-electron chi connectivity index (χ4n) is 2.87. The van der Waals surface area contributed by atoms with Crippen LogP contribution in [0.15, 0.2) is 35.3 Å². The highest BCUT2D eigenvalue weighted by atomic mass is 16.5. The van der Waals surface area contributed by atoms with E-state index in [0.717, 1.165) is 12.5 Å². The number of hydrogen-bond donors (Lipinski definition) is 1. The molecule has 0 saturated heterocycles. The Morgan fingerprint density at radius 3 is 2.74 bits per heavy atom. The molecule has 1 fully saturated rings. The lowest BCUT2D eigenvalue weighted by Crippen LogP contribution is -2.52. The van der Waals surface area contributed by atoms with E-state index < -0.39 is 0 Å². The van der Waals surface area contributed by atoms with Gasteiger partial charge < -0.3 is 15.4 Å². The molecule has 0 radical (unpaired) electrons. The highest BCUT2D eigenvalue weighted by Gasteiger charge is 2.45. The number of nitrogens with zero attached hydrogens (tertiary/aromatic N) is 2. The highest BCUT2D eigenvalue weighted by Crippen LogP contribution is 2.38. The molecule has 2 N–H and O–H groups in total. The maximum atomic E-state index is 6.12. The number of ether oxygens (including phenoxy) is 1. The SMILES string of the molecule is COCC1(c2ccccc2)CN=C(N)N1CC1CC1. The van der Waals surface area contributed by atoms with Gasteiger partial charge in [0, 0.05) is 13.7 Å². The smallest absolute Gasteiger partial charge is 0.192 e. The van der Waals surface area contributed by atoms with Gasteiger partial charge in [0.2, 0.25) is 0 Å². The van der Waals surface area contributed by atoms with Gasteiger partial charge in [0.25, 0.3) is 0 Å². The topological polar surface area (TPSA) is 50.9 Å². The van der Waals surface area contributed by atoms with Crippen LogP contribution in [0.3, 0.4) is 0 Å². The Kier molecular flexibility index (Phi) is 3.19. The van der Waals surface area contributed by atoms with Crippen molar-refractivity contribution >= 4 is 5.96 Å². The van der Waals surface area contributed by atoms with Crippen molar-refractivity contribution in [2.75, 3.05) is 26.8 Å². The van der Waals surface area contributed by atoms with Crippen molar-refractivity contribution in [3.05, 3.63) is 35.9 Å². The first-order valence-electron chi connectivity index (χ1n) is 6.88. The molecule has 4 nitrogen and oxygen atoms in total. The predicted molar refractivity (Wildman–Crippen MR) is 75.9 cm³/mol. The third-order valence-electron chi connectivity index (χ3n) is 4.13. The summed E-state index contributed by atoms with van der Waals surface area (Å²) < 4.78 is 5.49. The van der Waals surface area contributed by atoms with Crippen molar-refractivity contribution in [1.29, 1.82) is 0 Å². The largest absolute Gasteiger partial charge is 0.382 e. The van der Waals surface area contributed by atoms with Crippen LogP contribution in [0.5, 0.6) is 0 Å². The average molecular weight is 259 g/mol. The zero-order valence-corrected chi connectivity index (χ0v) is 11.4. The van der Waals surface area contributed by atoms with Crippen molar-refractivity contribution in [3.8, 4) is 0 Å². The quantitative estimate of drug-likeness (QED) is 0.873. The predicted octanol–water partition coefficient (Wildman–Crippen LogP) is 1.57. The van der Waals surface area contributed by atoms with Gasteiger partial charge in [0.1, 0.15) is 5.54 Å². The van der Waals surface area contributed by atoms with Gasteiger partial charge in [-0.05, 0) is 24.3 Å². The molecule has 3 rings (SSSR count). The lowest BCUT2D eigenvalue weighted by molar-refractivity contribution is 0.0622. The van der Waals surface area contributed by atoms with Crippen LogP contribution in [0.25, 0.3) is 0 Å². The van der Waals surface area contributed by atoms with E-state index in [1.54, 1.807) is 7.11 Å². The standard InChI is InChI=1S/C15H21N3O/c1-19-11-15(13-5-3-2-4-6-13)10-17-14(16)18(15)9-12-7-8-12/h2-6,12H,7-11H2,1H3,(H2,16,17). The van der Waals surface area contributed by atoms with Crippen molar-refractivity contribution in [2.24, 2.45) is 16.6 Å². The Labute approximate surface area is 114 Å². The van der Waals surface area contributed by atoms with Crippen LogP contribution in [-0.2, 0) is 10.3 Å². The number of rotatable bonds is 5. The lowest BCUT2D eigenvalue weighted by atomic mass is 9.89. The van der Waals surface area contributed by atoms with E-state index in [0.29, 0.717) is 19.1 Å². The molecule has 0 bridgehead atoms. The van der Waals surface area contributed by atoms with Gasteiger partial charge in [-0.3, -0.25) is 4.99 Å². The van der Waals surface area contributed by atoms with Gasteiger partial charge in [-0.25, -0.2) is 0 Å². The molecule has 1 atom stereocenters. The van der Waals surface area contributed by atoms with E-state index in [4.69, 9.17) is 10.5 Å². The number of guanidine groups is 1. The molecule has 2 aliphatic rings. The molecule has 1 aliphatic carbocycles. The molecule has 4 heteroatoms. The monoisotopic (exact) mass is 259 g/mol. The maximum Gasteiger partial charge on any atom is 0.192 e. The summed E-state index contributed by atoms with van der Waals surface area (Å²) in [4.78, 5) is 6.74. The zero-order chi connectivity index (χ0) is 13.3. The van der Waals surface area contributed by atoms with Gasteiger partial charge in [-0.15, -0.1) is 0 Å². The number of nitrogens with two attached hydrogens (primary N) is 1. The molecular formula is C15H21N3O. The molecule has 102 valence electrons. The van der Waals surface area contributed by atoms with Crippen LogP contribution in [0, 0.1) is 5.92 Å². The molecular weight excluding hydrogens is 238 g/mol. The van der Waals surface area contributed by atoms with Gasteiger partial charge in [-0.2, -0.15) is 0 Å². The second-order valence-corrected chi connectivity index (χ2v) is 5.56. The Morgan fingerprint density at radius 1 is 1.37 bits per heavy atom. The summed E-state index contributed by atoms with van der Waals surface area (Å²) in [6, 6.07) is 10.5. The second-order valence-electron chi connectivity index (χ2n) is 5.56. The summed E-state index contributed by atoms with van der Waals surface area (Å²) >= 11 is 0. The minimum absolute atomic E-state index is 0.220. The van der Waals surface area contributed by atoms with E-state index >= 15 is 0 Å². The summed E-state index contributed by atoms with van der Waals surface area (Å²) in [7, 11) is 1.74. The van der Waals surface area contributed by atoms with Crippen LogP contribution >= 0.6 is 0 Å². The first-order chi connectivity index (χ1) is 9.26. The van der Waals surface area contributed by atoms with Crippen LogP contribution in [0.2, 0.25) is 0 Å². The number of benzene rings is 1. The van der Waals surface area contributed by atoms with E-state index in [-0.39, 0.29) is 5.54 Å². The van der Waals surface area contributed by atoms with Crippen LogP contribution in [0.4, 0.5) is 0 Å². The first kappa shape index (κ1) is 12.5. The molecule has 1 saturated carbocycles. The molecule has 0 aromatic heterocycles. The third-order valence-corrected chi connectivity index (χ3v) is 4.13. The minimum atomic E-state index is -0.220. The number of methoxy groups -OCH3 is 1. The van der Waals surface area contributed by atoms with Crippen LogP contribution in [0.1, 0.15) is 18.4 Å². The summed E-state index contributed by atoms with van der Waals surface area (Å²) in [6.45, 7) is 2.30. The molecule has 19 heavy (non-hydrogen) atoms. The van der Waals surface area contributed by atoms with E-state index in [9.17, 15) is 0 Å². The van der Waals surface area contributed by atoms with Crippen molar-refractivity contribution in [3.63, 3.8) is 0 Å². The van der Waals surface area contributed by atoms with Gasteiger partial charge >= 0.3 is 0 Å². The van der Waals surface area contributed by atoms with Crippen molar-refractivity contribution in [2.45, 2.75) is 18.4 Å². The maximum absolute atomic E-state index is 6.12. The molecule has 1 aromatic carbocycles. The Morgan fingerprint density at radius 2 is 2.11 bits per heavy atom. The third kappa shape index (κ3) is 2.21. The minimum Gasteiger partial charge on any atom is -0.382 e. The van der Waals surface area contributed by atoms with Gasteiger partial charge in [-0.1, -0.05) is 30.3 Å². The molecule has 1 aromatic rings. The Balaban J connectivity index is 1.94. The molecule has 0 spiro atoms. The lowest BCUT2D eigenvalue weighted by Gasteiger charge is -2.39. The molecule has 1 heterocycles. The summed E-state index contributed by atoms with van der Waals surface area (Å²) in [5.74, 6) is 1.43. The molecule has 1 aliphatic heterocycles. The van der Waals surface area contributed by atoms with Crippen molar-refractivity contribution in [1.82, 2.24) is 4.90 Å². The highest BCUT2D eigenvalue weighted by molar-refractivity contribution is 5.81. The average Bonchev–Trinajstić information content (AvgIpc) is 3.20. The Hall–Kier alpha value is -1.55. The van der Waals surface area contributed by atoms with Crippen LogP contribution in [-0.4, -0.2) is 37.7 Å². The molecule has 1 unspecified atom stereocenters. The number of aliphatic imine (C=N–C) groups is 1. The Bertz CT molecular complexity index is 470. The fraction of sp³-hybridized carbons (Fsp3) is 0.533. The fourth-order valence-corrected chi connectivity index (χ4v) is 2.87. The van der Waals surface area contributed by atoms with Crippen LogP contribution < -0.4 is 5.73 Å². The van der Waals surface area contributed by atoms with Gasteiger partial charge in [0.05, 0.1) is 13.2 Å². The molecule has 0 amide bonds. The van der Waals surface area contributed by atoms with E-state index in [2.05, 4.69) is 34.2 Å². The van der Waals surface area contributed by atoms with Gasteiger partial charge in [0.15, 0.2) is 5.96 Å². The van der Waals surface area contributed by atoms with Crippen molar-refractivity contribution < 1.29 is 4.74 Å².